The Hall–Kier alpha value is -1.62. The van der Waals surface area contributed by atoms with Crippen molar-refractivity contribution in [1.82, 2.24) is 10.2 Å². The predicted molar refractivity (Wildman–Crippen MR) is 68.8 cm³/mol. The summed E-state index contributed by atoms with van der Waals surface area (Å²) in [6.45, 7) is 1.34. The minimum Gasteiger partial charge on any atom is -0.398 e. The van der Waals surface area contributed by atoms with Gasteiger partial charge in [-0.1, -0.05) is 0 Å². The lowest BCUT2D eigenvalue weighted by Crippen LogP contribution is -2.34. The summed E-state index contributed by atoms with van der Waals surface area (Å²) < 4.78 is 13.0. The van der Waals surface area contributed by atoms with Gasteiger partial charge in [-0.15, -0.1) is 0 Å². The SMILES string of the molecule is CN(CCNC(=O)c1cc(F)ccc1N)C1CC1. The molecule has 0 unspecified atom stereocenters. The summed E-state index contributed by atoms with van der Waals surface area (Å²) >= 11 is 0. The molecule has 0 aliphatic heterocycles. The number of carbonyl (C=O) groups excluding carboxylic acids is 1. The van der Waals surface area contributed by atoms with Gasteiger partial charge in [0.1, 0.15) is 5.82 Å². The van der Waals surface area contributed by atoms with Crippen molar-refractivity contribution in [2.75, 3.05) is 25.9 Å². The molecule has 0 radical (unpaired) electrons. The number of anilines is 1. The van der Waals surface area contributed by atoms with E-state index in [9.17, 15) is 9.18 Å². The smallest absolute Gasteiger partial charge is 0.253 e. The van der Waals surface area contributed by atoms with Crippen LogP contribution in [0.15, 0.2) is 18.2 Å². The molecule has 18 heavy (non-hydrogen) atoms. The molecule has 1 aromatic carbocycles. The average molecular weight is 251 g/mol. The van der Waals surface area contributed by atoms with Gasteiger partial charge in [0.15, 0.2) is 0 Å². The van der Waals surface area contributed by atoms with Crippen molar-refractivity contribution in [2.45, 2.75) is 18.9 Å². The lowest BCUT2D eigenvalue weighted by Gasteiger charge is -2.16. The zero-order valence-electron chi connectivity index (χ0n) is 10.4. The Morgan fingerprint density at radius 3 is 2.94 bits per heavy atom. The van der Waals surface area contributed by atoms with Crippen LogP contribution in [-0.2, 0) is 0 Å². The number of likely N-dealkylation sites (N-methyl/N-ethyl adjacent to an activating group) is 1. The highest BCUT2D eigenvalue weighted by atomic mass is 19.1. The van der Waals surface area contributed by atoms with Crippen molar-refractivity contribution in [3.63, 3.8) is 0 Å². The second-order valence-corrected chi connectivity index (χ2v) is 4.70. The molecule has 4 nitrogen and oxygen atoms in total. The molecule has 0 aromatic heterocycles. The largest absolute Gasteiger partial charge is 0.398 e. The van der Waals surface area contributed by atoms with E-state index in [0.29, 0.717) is 18.3 Å². The van der Waals surface area contributed by atoms with Crippen LogP contribution in [-0.4, -0.2) is 37.0 Å². The van der Waals surface area contributed by atoms with E-state index < -0.39 is 5.82 Å². The lowest BCUT2D eigenvalue weighted by molar-refractivity contribution is 0.0950. The van der Waals surface area contributed by atoms with Crippen molar-refractivity contribution >= 4 is 11.6 Å². The molecule has 98 valence electrons. The maximum absolute atomic E-state index is 13.0. The van der Waals surface area contributed by atoms with Crippen LogP contribution in [0.1, 0.15) is 23.2 Å². The van der Waals surface area contributed by atoms with Crippen molar-refractivity contribution in [3.8, 4) is 0 Å². The maximum atomic E-state index is 13.0. The van der Waals surface area contributed by atoms with E-state index in [1.807, 2.05) is 7.05 Å². The summed E-state index contributed by atoms with van der Waals surface area (Å²) in [5, 5.41) is 2.75. The minimum atomic E-state index is -0.454. The number of nitrogens with two attached hydrogens (primary N) is 1. The number of nitrogens with one attached hydrogen (secondary N) is 1. The summed E-state index contributed by atoms with van der Waals surface area (Å²) in [5.74, 6) is -0.777. The van der Waals surface area contributed by atoms with Gasteiger partial charge in [0.2, 0.25) is 0 Å². The Bertz CT molecular complexity index is 446. The topological polar surface area (TPSA) is 58.4 Å². The summed E-state index contributed by atoms with van der Waals surface area (Å²) in [6, 6.07) is 4.48. The number of nitrogens with zero attached hydrogens (tertiary/aromatic N) is 1. The van der Waals surface area contributed by atoms with Gasteiger partial charge >= 0.3 is 0 Å². The minimum absolute atomic E-state index is 0.198. The quantitative estimate of drug-likeness (QED) is 0.774. The van der Waals surface area contributed by atoms with E-state index in [1.165, 1.54) is 25.0 Å². The van der Waals surface area contributed by atoms with Crippen LogP contribution in [0, 0.1) is 5.82 Å². The molecule has 0 bridgehead atoms. The first kappa shape index (κ1) is 12.8. The Morgan fingerprint density at radius 1 is 1.56 bits per heavy atom. The first-order chi connectivity index (χ1) is 8.58. The maximum Gasteiger partial charge on any atom is 0.253 e. The van der Waals surface area contributed by atoms with Crippen LogP contribution in [0.25, 0.3) is 0 Å². The van der Waals surface area contributed by atoms with Gasteiger partial charge in [-0.3, -0.25) is 4.79 Å². The number of carbonyl (C=O) groups is 1. The molecule has 0 atom stereocenters. The highest BCUT2D eigenvalue weighted by Gasteiger charge is 2.25. The van der Waals surface area contributed by atoms with Crippen LogP contribution in [0.3, 0.4) is 0 Å². The lowest BCUT2D eigenvalue weighted by atomic mass is 10.1. The summed E-state index contributed by atoms with van der Waals surface area (Å²) in [7, 11) is 2.04. The highest BCUT2D eigenvalue weighted by Crippen LogP contribution is 2.24. The molecule has 5 heteroatoms. The number of rotatable bonds is 5. The van der Waals surface area contributed by atoms with Crippen LogP contribution in [0.5, 0.6) is 0 Å². The fourth-order valence-corrected chi connectivity index (χ4v) is 1.86. The number of halogens is 1. The Morgan fingerprint density at radius 2 is 2.28 bits per heavy atom. The summed E-state index contributed by atoms with van der Waals surface area (Å²) in [5.41, 5.74) is 6.14. The third-order valence-corrected chi connectivity index (χ3v) is 3.18. The zero-order chi connectivity index (χ0) is 13.1. The van der Waals surface area contributed by atoms with E-state index in [0.717, 1.165) is 12.6 Å². The van der Waals surface area contributed by atoms with Gasteiger partial charge < -0.3 is 16.0 Å². The average Bonchev–Trinajstić information content (AvgIpc) is 3.16. The Balaban J connectivity index is 1.85. The zero-order valence-corrected chi connectivity index (χ0v) is 10.4. The highest BCUT2D eigenvalue weighted by molar-refractivity contribution is 5.99. The fraction of sp³-hybridized carbons (Fsp3) is 0.462. The molecule has 0 saturated heterocycles. The van der Waals surface area contributed by atoms with Gasteiger partial charge in [0, 0.05) is 24.8 Å². The van der Waals surface area contributed by atoms with Gasteiger partial charge in [-0.2, -0.15) is 0 Å². The number of nitrogen functional groups attached to an aromatic ring is 1. The van der Waals surface area contributed by atoms with Gasteiger partial charge in [0.25, 0.3) is 5.91 Å². The standard InChI is InChI=1S/C13H18FN3O/c1-17(10-3-4-10)7-6-16-13(18)11-8-9(14)2-5-12(11)15/h2,5,8,10H,3-4,6-7,15H2,1H3,(H,16,18). The molecule has 2 rings (SSSR count). The molecule has 1 saturated carbocycles. The van der Waals surface area contributed by atoms with Crippen molar-refractivity contribution in [3.05, 3.63) is 29.6 Å². The predicted octanol–water partition coefficient (Wildman–Crippen LogP) is 1.23. The molecule has 0 heterocycles. The number of amides is 1. The Labute approximate surface area is 106 Å². The van der Waals surface area contributed by atoms with Crippen molar-refractivity contribution in [1.29, 1.82) is 0 Å². The first-order valence-electron chi connectivity index (χ1n) is 6.11. The molecule has 1 fully saturated rings. The molecule has 1 aromatic rings. The molecule has 0 spiro atoms. The monoisotopic (exact) mass is 251 g/mol. The number of benzene rings is 1. The van der Waals surface area contributed by atoms with Crippen LogP contribution >= 0.6 is 0 Å². The van der Waals surface area contributed by atoms with E-state index in [2.05, 4.69) is 10.2 Å². The van der Waals surface area contributed by atoms with Gasteiger partial charge in [-0.05, 0) is 38.1 Å². The van der Waals surface area contributed by atoms with Crippen LogP contribution in [0.2, 0.25) is 0 Å². The Kier molecular flexibility index (Phi) is 3.81. The molecular weight excluding hydrogens is 233 g/mol. The van der Waals surface area contributed by atoms with Gasteiger partial charge in [-0.25, -0.2) is 4.39 Å². The van der Waals surface area contributed by atoms with Crippen LogP contribution < -0.4 is 11.1 Å². The van der Waals surface area contributed by atoms with Crippen molar-refractivity contribution < 1.29 is 9.18 Å². The second kappa shape index (κ2) is 5.35. The van der Waals surface area contributed by atoms with E-state index in [4.69, 9.17) is 5.73 Å². The molecular formula is C13H18FN3O. The summed E-state index contributed by atoms with van der Waals surface area (Å²) in [4.78, 5) is 14.0. The number of hydrogen-bond donors (Lipinski definition) is 2. The van der Waals surface area contributed by atoms with E-state index in [-0.39, 0.29) is 11.5 Å². The second-order valence-electron chi connectivity index (χ2n) is 4.70. The molecule has 1 aliphatic rings. The first-order valence-corrected chi connectivity index (χ1v) is 6.11. The van der Waals surface area contributed by atoms with Crippen LogP contribution in [0.4, 0.5) is 10.1 Å². The van der Waals surface area contributed by atoms with Gasteiger partial charge in [0.05, 0.1) is 5.56 Å². The van der Waals surface area contributed by atoms with Crippen molar-refractivity contribution in [2.24, 2.45) is 0 Å². The normalized spacial score (nSPS) is 14.8. The fourth-order valence-electron chi connectivity index (χ4n) is 1.86. The van der Waals surface area contributed by atoms with E-state index in [1.54, 1.807) is 0 Å². The molecule has 1 aliphatic carbocycles. The third-order valence-electron chi connectivity index (χ3n) is 3.18. The molecule has 3 N–H and O–H groups in total. The molecule has 1 amide bonds. The third kappa shape index (κ3) is 3.20. The summed E-state index contributed by atoms with van der Waals surface area (Å²) in [6.07, 6.45) is 2.47. The number of hydrogen-bond acceptors (Lipinski definition) is 3. The van der Waals surface area contributed by atoms with E-state index >= 15 is 0 Å².